The zero-order valence-corrected chi connectivity index (χ0v) is 16.6. The zero-order chi connectivity index (χ0) is 19.4. The van der Waals surface area contributed by atoms with Crippen molar-refractivity contribution in [2.24, 2.45) is 5.92 Å². The van der Waals surface area contributed by atoms with Crippen LogP contribution in [0.2, 0.25) is 0 Å². The van der Waals surface area contributed by atoms with E-state index < -0.39 is 0 Å². The molecule has 1 saturated carbocycles. The Kier molecular flexibility index (Phi) is 6.24. The second-order valence-electron chi connectivity index (χ2n) is 7.43. The van der Waals surface area contributed by atoms with Gasteiger partial charge in [-0.05, 0) is 31.9 Å². The van der Waals surface area contributed by atoms with Gasteiger partial charge in [0.25, 0.3) is 5.91 Å². The summed E-state index contributed by atoms with van der Waals surface area (Å²) in [6.45, 7) is 4.23. The number of piperazine rings is 1. The molecule has 1 heterocycles. The van der Waals surface area contributed by atoms with Gasteiger partial charge >= 0.3 is 0 Å². The largest absolute Gasteiger partial charge is 0.496 e. The van der Waals surface area contributed by atoms with Crippen LogP contribution in [0.5, 0.6) is 11.5 Å². The van der Waals surface area contributed by atoms with E-state index in [9.17, 15) is 9.59 Å². The fourth-order valence-corrected chi connectivity index (χ4v) is 4.23. The fraction of sp³-hybridized carbons (Fsp3) is 0.619. The third kappa shape index (κ3) is 4.04. The maximum absolute atomic E-state index is 13.0. The second-order valence-corrected chi connectivity index (χ2v) is 7.43. The van der Waals surface area contributed by atoms with Crippen LogP contribution >= 0.6 is 0 Å². The average Bonchev–Trinajstić information content (AvgIpc) is 2.73. The molecule has 0 N–H and O–H groups in total. The van der Waals surface area contributed by atoms with E-state index in [2.05, 4.69) is 0 Å². The van der Waals surface area contributed by atoms with E-state index in [1.807, 2.05) is 16.7 Å². The van der Waals surface area contributed by atoms with Gasteiger partial charge in [-0.1, -0.05) is 19.3 Å². The van der Waals surface area contributed by atoms with Crippen molar-refractivity contribution in [3.8, 4) is 11.5 Å². The summed E-state index contributed by atoms with van der Waals surface area (Å²) in [5.74, 6) is 1.67. The molecule has 0 unspecified atom stereocenters. The van der Waals surface area contributed by atoms with Gasteiger partial charge in [0.2, 0.25) is 5.91 Å². The summed E-state index contributed by atoms with van der Waals surface area (Å²) in [7, 11) is 3.17. The quantitative estimate of drug-likeness (QED) is 0.813. The number of carbonyl (C=O) groups is 2. The van der Waals surface area contributed by atoms with Crippen molar-refractivity contribution in [3.05, 3.63) is 23.3 Å². The molecule has 3 rings (SSSR count). The highest BCUT2D eigenvalue weighted by Crippen LogP contribution is 2.32. The number of nitrogens with zero attached hydrogens (tertiary/aromatic N) is 2. The molecule has 6 nitrogen and oxygen atoms in total. The van der Waals surface area contributed by atoms with Crippen LogP contribution in [-0.4, -0.2) is 62.0 Å². The van der Waals surface area contributed by atoms with E-state index in [-0.39, 0.29) is 17.7 Å². The Morgan fingerprint density at radius 2 is 1.56 bits per heavy atom. The molecule has 0 atom stereocenters. The number of hydrogen-bond donors (Lipinski definition) is 0. The monoisotopic (exact) mass is 374 g/mol. The summed E-state index contributed by atoms with van der Waals surface area (Å²) in [6.07, 6.45) is 5.59. The number of amides is 2. The Bertz CT molecular complexity index is 690. The summed E-state index contributed by atoms with van der Waals surface area (Å²) < 4.78 is 10.8. The van der Waals surface area contributed by atoms with E-state index in [0.29, 0.717) is 43.2 Å². The Labute approximate surface area is 161 Å². The van der Waals surface area contributed by atoms with Crippen molar-refractivity contribution >= 4 is 11.8 Å². The van der Waals surface area contributed by atoms with Crippen LogP contribution in [0, 0.1) is 12.8 Å². The number of hydrogen-bond acceptors (Lipinski definition) is 4. The minimum Gasteiger partial charge on any atom is -0.496 e. The van der Waals surface area contributed by atoms with Gasteiger partial charge in [0.15, 0.2) is 0 Å². The van der Waals surface area contributed by atoms with Gasteiger partial charge in [-0.25, -0.2) is 0 Å². The maximum Gasteiger partial charge on any atom is 0.257 e. The summed E-state index contributed by atoms with van der Waals surface area (Å²) in [5.41, 5.74) is 1.36. The fourth-order valence-electron chi connectivity index (χ4n) is 4.23. The highest BCUT2D eigenvalue weighted by Gasteiger charge is 2.31. The number of rotatable bonds is 4. The third-order valence-electron chi connectivity index (χ3n) is 5.84. The first-order chi connectivity index (χ1) is 13.1. The first-order valence-corrected chi connectivity index (χ1v) is 9.86. The number of benzene rings is 1. The van der Waals surface area contributed by atoms with Crippen LogP contribution < -0.4 is 9.47 Å². The van der Waals surface area contributed by atoms with E-state index in [0.717, 1.165) is 31.2 Å². The van der Waals surface area contributed by atoms with Gasteiger partial charge < -0.3 is 19.3 Å². The molecule has 1 aliphatic carbocycles. The van der Waals surface area contributed by atoms with Crippen molar-refractivity contribution < 1.29 is 19.1 Å². The summed E-state index contributed by atoms with van der Waals surface area (Å²) in [6, 6.07) is 3.56. The molecule has 0 radical (unpaired) electrons. The topological polar surface area (TPSA) is 59.1 Å². The van der Waals surface area contributed by atoms with Crippen LogP contribution in [-0.2, 0) is 4.79 Å². The van der Waals surface area contributed by atoms with Crippen molar-refractivity contribution in [1.82, 2.24) is 9.80 Å². The van der Waals surface area contributed by atoms with Crippen LogP contribution in [0.15, 0.2) is 12.1 Å². The molecule has 27 heavy (non-hydrogen) atoms. The van der Waals surface area contributed by atoms with Gasteiger partial charge in [0.1, 0.15) is 11.5 Å². The molecule has 0 spiro atoms. The second kappa shape index (κ2) is 8.63. The van der Waals surface area contributed by atoms with Gasteiger partial charge in [0.05, 0.1) is 19.8 Å². The minimum atomic E-state index is -0.0534. The van der Waals surface area contributed by atoms with Gasteiger partial charge in [0, 0.05) is 37.7 Å². The van der Waals surface area contributed by atoms with E-state index >= 15 is 0 Å². The van der Waals surface area contributed by atoms with Crippen molar-refractivity contribution in [2.45, 2.75) is 39.0 Å². The Morgan fingerprint density at radius 3 is 2.15 bits per heavy atom. The molecule has 0 aromatic heterocycles. The Hall–Kier alpha value is -2.24. The van der Waals surface area contributed by atoms with Crippen LogP contribution in [0.25, 0.3) is 0 Å². The van der Waals surface area contributed by atoms with E-state index in [1.54, 1.807) is 26.4 Å². The lowest BCUT2D eigenvalue weighted by atomic mass is 9.88. The molecule has 1 saturated heterocycles. The molecular weight excluding hydrogens is 344 g/mol. The molecule has 2 amide bonds. The maximum atomic E-state index is 13.0. The van der Waals surface area contributed by atoms with Crippen LogP contribution in [0.4, 0.5) is 0 Å². The zero-order valence-electron chi connectivity index (χ0n) is 16.6. The van der Waals surface area contributed by atoms with Crippen LogP contribution in [0.1, 0.15) is 48.0 Å². The van der Waals surface area contributed by atoms with Gasteiger partial charge in [-0.3, -0.25) is 9.59 Å². The van der Waals surface area contributed by atoms with Gasteiger partial charge in [-0.2, -0.15) is 0 Å². The highest BCUT2D eigenvalue weighted by atomic mass is 16.5. The molecule has 2 fully saturated rings. The minimum absolute atomic E-state index is 0.0534. The SMILES string of the molecule is COc1ccc(C(=O)N2CCN(C(=O)C3CCCCC3)CC2)c(OC)c1C. The lowest BCUT2D eigenvalue weighted by Gasteiger charge is -2.37. The summed E-state index contributed by atoms with van der Waals surface area (Å²) in [5, 5.41) is 0. The highest BCUT2D eigenvalue weighted by molar-refractivity contribution is 5.98. The molecular formula is C21H30N2O4. The normalized spacial score (nSPS) is 18.3. The third-order valence-corrected chi connectivity index (χ3v) is 5.84. The van der Waals surface area contributed by atoms with Gasteiger partial charge in [-0.15, -0.1) is 0 Å². The smallest absolute Gasteiger partial charge is 0.257 e. The lowest BCUT2D eigenvalue weighted by Crippen LogP contribution is -2.52. The summed E-state index contributed by atoms with van der Waals surface area (Å²) in [4.78, 5) is 29.5. The molecule has 1 aromatic rings. The first-order valence-electron chi connectivity index (χ1n) is 9.86. The predicted molar refractivity (Wildman–Crippen MR) is 103 cm³/mol. The molecule has 0 bridgehead atoms. The first kappa shape index (κ1) is 19.5. The van der Waals surface area contributed by atoms with Crippen molar-refractivity contribution in [1.29, 1.82) is 0 Å². The Morgan fingerprint density at radius 1 is 0.926 bits per heavy atom. The number of carbonyl (C=O) groups excluding carboxylic acids is 2. The molecule has 1 aromatic carbocycles. The lowest BCUT2D eigenvalue weighted by molar-refractivity contribution is -0.138. The van der Waals surface area contributed by atoms with E-state index in [4.69, 9.17) is 9.47 Å². The number of ether oxygens (including phenoxy) is 2. The predicted octanol–water partition coefficient (Wildman–Crippen LogP) is 2.88. The van der Waals surface area contributed by atoms with Crippen molar-refractivity contribution in [3.63, 3.8) is 0 Å². The standard InChI is InChI=1S/C21H30N2O4/c1-15-18(26-2)10-9-17(19(15)27-3)21(25)23-13-11-22(12-14-23)20(24)16-7-5-4-6-8-16/h9-10,16H,4-8,11-14H2,1-3H3. The van der Waals surface area contributed by atoms with Crippen LogP contribution in [0.3, 0.4) is 0 Å². The Balaban J connectivity index is 1.65. The summed E-state index contributed by atoms with van der Waals surface area (Å²) >= 11 is 0. The number of methoxy groups -OCH3 is 2. The molecule has 2 aliphatic rings. The average molecular weight is 374 g/mol. The molecule has 1 aliphatic heterocycles. The molecule has 148 valence electrons. The van der Waals surface area contributed by atoms with E-state index in [1.165, 1.54) is 6.42 Å². The van der Waals surface area contributed by atoms with Crippen molar-refractivity contribution in [2.75, 3.05) is 40.4 Å². The molecule has 6 heteroatoms.